The lowest BCUT2D eigenvalue weighted by Gasteiger charge is -2.29. The molecular weight excluding hydrogens is 240 g/mol. The second-order valence-corrected chi connectivity index (χ2v) is 5.66. The van der Waals surface area contributed by atoms with Crippen molar-refractivity contribution in [3.05, 3.63) is 33.9 Å². The molecule has 1 aromatic carbocycles. The van der Waals surface area contributed by atoms with Crippen LogP contribution in [-0.2, 0) is 0 Å². The molecule has 0 amide bonds. The molecule has 0 aromatic heterocycles. The van der Waals surface area contributed by atoms with Gasteiger partial charge in [-0.2, -0.15) is 0 Å². The minimum Gasteiger partial charge on any atom is -0.385 e. The third-order valence-corrected chi connectivity index (χ3v) is 4.25. The number of benzene rings is 1. The van der Waals surface area contributed by atoms with E-state index in [2.05, 4.69) is 12.2 Å². The Morgan fingerprint density at radius 3 is 2.74 bits per heavy atom. The first kappa shape index (κ1) is 13.8. The highest BCUT2D eigenvalue weighted by Gasteiger charge is 2.21. The maximum Gasteiger partial charge on any atom is 0.272 e. The maximum absolute atomic E-state index is 10.8. The van der Waals surface area contributed by atoms with Crippen LogP contribution in [0, 0.1) is 28.9 Å². The SMILES string of the molecule is Cc1cc(NCC2CCCCC2C)ccc1[N+](=O)[O-]. The lowest BCUT2D eigenvalue weighted by atomic mass is 9.80. The molecule has 0 aliphatic heterocycles. The number of hydrogen-bond donors (Lipinski definition) is 1. The van der Waals surface area contributed by atoms with Crippen molar-refractivity contribution >= 4 is 11.4 Å². The molecular formula is C15H22N2O2. The van der Waals surface area contributed by atoms with Gasteiger partial charge >= 0.3 is 0 Å². The smallest absolute Gasteiger partial charge is 0.272 e. The van der Waals surface area contributed by atoms with Crippen molar-refractivity contribution in [2.75, 3.05) is 11.9 Å². The molecule has 0 heterocycles. The van der Waals surface area contributed by atoms with E-state index >= 15 is 0 Å². The fraction of sp³-hybridized carbons (Fsp3) is 0.600. The molecule has 0 saturated heterocycles. The zero-order valence-corrected chi connectivity index (χ0v) is 11.7. The molecule has 1 aromatic rings. The predicted octanol–water partition coefficient (Wildman–Crippen LogP) is 4.14. The molecule has 1 aliphatic rings. The van der Waals surface area contributed by atoms with Crippen LogP contribution in [0.5, 0.6) is 0 Å². The van der Waals surface area contributed by atoms with E-state index in [-0.39, 0.29) is 10.6 Å². The largest absolute Gasteiger partial charge is 0.385 e. The number of nitro groups is 1. The van der Waals surface area contributed by atoms with E-state index < -0.39 is 0 Å². The summed E-state index contributed by atoms with van der Waals surface area (Å²) in [6.45, 7) is 5.08. The summed E-state index contributed by atoms with van der Waals surface area (Å²) >= 11 is 0. The van der Waals surface area contributed by atoms with Crippen molar-refractivity contribution in [1.29, 1.82) is 0 Å². The Kier molecular flexibility index (Phi) is 4.40. The van der Waals surface area contributed by atoms with Crippen LogP contribution in [0.15, 0.2) is 18.2 Å². The summed E-state index contributed by atoms with van der Waals surface area (Å²) in [5, 5.41) is 14.2. The molecule has 1 fully saturated rings. The molecule has 0 spiro atoms. The Bertz CT molecular complexity index is 459. The average molecular weight is 262 g/mol. The quantitative estimate of drug-likeness (QED) is 0.655. The molecule has 2 atom stereocenters. The average Bonchev–Trinajstić information content (AvgIpc) is 2.37. The molecule has 1 aliphatic carbocycles. The van der Waals surface area contributed by atoms with E-state index in [0.717, 1.165) is 24.1 Å². The minimum atomic E-state index is -0.331. The Hall–Kier alpha value is -1.58. The highest BCUT2D eigenvalue weighted by molar-refractivity contribution is 5.53. The lowest BCUT2D eigenvalue weighted by molar-refractivity contribution is -0.385. The van der Waals surface area contributed by atoms with Gasteiger partial charge in [0.25, 0.3) is 5.69 Å². The monoisotopic (exact) mass is 262 g/mol. The van der Waals surface area contributed by atoms with Crippen molar-refractivity contribution < 1.29 is 4.92 Å². The third kappa shape index (κ3) is 3.46. The van der Waals surface area contributed by atoms with E-state index in [0.29, 0.717) is 5.56 Å². The van der Waals surface area contributed by atoms with Crippen molar-refractivity contribution in [2.45, 2.75) is 39.5 Å². The fourth-order valence-corrected chi connectivity index (χ4v) is 2.92. The van der Waals surface area contributed by atoms with Crippen molar-refractivity contribution in [3.8, 4) is 0 Å². The Morgan fingerprint density at radius 1 is 1.37 bits per heavy atom. The predicted molar refractivity (Wildman–Crippen MR) is 77.4 cm³/mol. The van der Waals surface area contributed by atoms with Crippen LogP contribution in [0.2, 0.25) is 0 Å². The summed E-state index contributed by atoms with van der Waals surface area (Å²) in [5.41, 5.74) is 1.89. The number of nitro benzene ring substituents is 1. The molecule has 4 heteroatoms. The molecule has 1 N–H and O–H groups in total. The van der Waals surface area contributed by atoms with Gasteiger partial charge in [0.05, 0.1) is 4.92 Å². The first-order chi connectivity index (χ1) is 9.08. The molecule has 1 saturated carbocycles. The van der Waals surface area contributed by atoms with Gasteiger partial charge in [0.2, 0.25) is 0 Å². The normalized spacial score (nSPS) is 23.1. The van der Waals surface area contributed by atoms with E-state index in [4.69, 9.17) is 0 Å². The van der Waals surface area contributed by atoms with Crippen LogP contribution in [0.4, 0.5) is 11.4 Å². The number of hydrogen-bond acceptors (Lipinski definition) is 3. The van der Waals surface area contributed by atoms with Crippen molar-refractivity contribution in [3.63, 3.8) is 0 Å². The second kappa shape index (κ2) is 6.04. The summed E-state index contributed by atoms with van der Waals surface area (Å²) < 4.78 is 0. The van der Waals surface area contributed by atoms with E-state index in [1.54, 1.807) is 19.1 Å². The standard InChI is InChI=1S/C15H22N2O2/c1-11-5-3-4-6-13(11)10-16-14-7-8-15(17(18)19)12(2)9-14/h7-9,11,13,16H,3-6,10H2,1-2H3. The second-order valence-electron chi connectivity index (χ2n) is 5.66. The lowest BCUT2D eigenvalue weighted by Crippen LogP contribution is -2.24. The van der Waals surface area contributed by atoms with Crippen molar-refractivity contribution in [1.82, 2.24) is 0 Å². The van der Waals surface area contributed by atoms with Crippen LogP contribution in [0.3, 0.4) is 0 Å². The molecule has 19 heavy (non-hydrogen) atoms. The molecule has 4 nitrogen and oxygen atoms in total. The number of nitrogens with one attached hydrogen (secondary N) is 1. The molecule has 2 rings (SSSR count). The van der Waals surface area contributed by atoms with Gasteiger partial charge < -0.3 is 5.32 Å². The molecule has 0 radical (unpaired) electrons. The van der Waals surface area contributed by atoms with Gasteiger partial charge in [-0.05, 0) is 37.3 Å². The summed E-state index contributed by atoms with van der Waals surface area (Å²) in [7, 11) is 0. The number of anilines is 1. The number of aryl methyl sites for hydroxylation is 1. The zero-order chi connectivity index (χ0) is 13.8. The van der Waals surface area contributed by atoms with Gasteiger partial charge in [0, 0.05) is 23.9 Å². The molecule has 2 unspecified atom stereocenters. The van der Waals surface area contributed by atoms with Crippen LogP contribution < -0.4 is 5.32 Å². The summed E-state index contributed by atoms with van der Waals surface area (Å²) in [4.78, 5) is 10.4. The number of rotatable bonds is 4. The van der Waals surface area contributed by atoms with Crippen LogP contribution in [0.1, 0.15) is 38.2 Å². The van der Waals surface area contributed by atoms with Gasteiger partial charge in [0.1, 0.15) is 0 Å². The Labute approximate surface area is 114 Å². The highest BCUT2D eigenvalue weighted by atomic mass is 16.6. The third-order valence-electron chi connectivity index (χ3n) is 4.25. The van der Waals surface area contributed by atoms with E-state index in [9.17, 15) is 10.1 Å². The van der Waals surface area contributed by atoms with Gasteiger partial charge in [-0.3, -0.25) is 10.1 Å². The highest BCUT2D eigenvalue weighted by Crippen LogP contribution is 2.30. The molecule has 104 valence electrons. The topological polar surface area (TPSA) is 55.2 Å². The minimum absolute atomic E-state index is 0.191. The zero-order valence-electron chi connectivity index (χ0n) is 11.7. The Morgan fingerprint density at radius 2 is 2.11 bits per heavy atom. The van der Waals surface area contributed by atoms with Gasteiger partial charge in [0.15, 0.2) is 0 Å². The van der Waals surface area contributed by atoms with Gasteiger partial charge in [-0.25, -0.2) is 0 Å². The van der Waals surface area contributed by atoms with Gasteiger partial charge in [-0.1, -0.05) is 26.2 Å². The van der Waals surface area contributed by atoms with E-state index in [1.807, 2.05) is 6.07 Å². The van der Waals surface area contributed by atoms with Crippen molar-refractivity contribution in [2.24, 2.45) is 11.8 Å². The maximum atomic E-state index is 10.8. The van der Waals surface area contributed by atoms with Gasteiger partial charge in [-0.15, -0.1) is 0 Å². The van der Waals surface area contributed by atoms with Crippen LogP contribution >= 0.6 is 0 Å². The van der Waals surface area contributed by atoms with E-state index in [1.165, 1.54) is 25.7 Å². The van der Waals surface area contributed by atoms with Crippen LogP contribution in [-0.4, -0.2) is 11.5 Å². The van der Waals surface area contributed by atoms with Crippen LogP contribution in [0.25, 0.3) is 0 Å². The first-order valence-corrected chi connectivity index (χ1v) is 7.07. The number of nitrogens with zero attached hydrogens (tertiary/aromatic N) is 1. The fourth-order valence-electron chi connectivity index (χ4n) is 2.92. The summed E-state index contributed by atoms with van der Waals surface area (Å²) in [6, 6.07) is 5.26. The Balaban J connectivity index is 1.96. The summed E-state index contributed by atoms with van der Waals surface area (Å²) in [5.74, 6) is 1.50. The summed E-state index contributed by atoms with van der Waals surface area (Å²) in [6.07, 6.45) is 5.30. The molecule has 0 bridgehead atoms. The first-order valence-electron chi connectivity index (χ1n) is 7.07.